The van der Waals surface area contributed by atoms with Crippen molar-refractivity contribution >= 4 is 15.6 Å². The van der Waals surface area contributed by atoms with Crippen LogP contribution < -0.4 is 29.4 Å². The van der Waals surface area contributed by atoms with Crippen LogP contribution >= 0.6 is 15.6 Å². The summed E-state index contributed by atoms with van der Waals surface area (Å²) in [6.45, 7) is 0. The van der Waals surface area contributed by atoms with E-state index in [0.29, 0.717) is 0 Å². The van der Waals surface area contributed by atoms with Gasteiger partial charge in [0, 0.05) is 67.1 Å². The Balaban J connectivity index is -0.0000000267. The molecule has 0 aliphatic rings. The first-order chi connectivity index (χ1) is 4.00. The molecule has 13 heavy (non-hydrogen) atoms. The summed E-state index contributed by atoms with van der Waals surface area (Å²) in [5.41, 5.74) is 0. The topological polar surface area (TPSA) is 172 Å². The number of phosphoric acid groups is 2. The van der Waals surface area contributed by atoms with Gasteiger partial charge in [0.1, 0.15) is 0 Å². The maximum absolute atomic E-state index is 8.55. The van der Waals surface area contributed by atoms with Crippen molar-refractivity contribution < 1.29 is 106 Å². The Kier molecular flexibility index (Phi) is 28.4. The molecule has 0 saturated heterocycles. The van der Waals surface area contributed by atoms with Crippen LogP contribution in [0.15, 0.2) is 0 Å². The second-order valence-electron chi connectivity index (χ2n) is 0.894. The zero-order valence-electron chi connectivity index (χ0n) is 5.06. The van der Waals surface area contributed by atoms with Crippen LogP contribution in [-0.2, 0) is 76.3 Å². The number of rotatable bonds is 0. The van der Waals surface area contributed by atoms with Crippen molar-refractivity contribution in [2.75, 3.05) is 0 Å². The van der Waals surface area contributed by atoms with Crippen LogP contribution in [0.25, 0.3) is 0 Å². The van der Waals surface area contributed by atoms with Gasteiger partial charge in [0.2, 0.25) is 0 Å². The Morgan fingerprint density at radius 2 is 0.538 bits per heavy atom. The summed E-state index contributed by atoms with van der Waals surface area (Å²) in [6.07, 6.45) is 0. The van der Waals surface area contributed by atoms with Gasteiger partial charge < -0.3 is 38.5 Å². The predicted molar refractivity (Wildman–Crippen MR) is 15.2 cm³/mol. The summed E-state index contributed by atoms with van der Waals surface area (Å²) in [4.78, 5) is 51.3. The summed E-state index contributed by atoms with van der Waals surface area (Å²) in [5, 5.41) is 0. The zero-order valence-corrected chi connectivity index (χ0v) is 11.3. The smallest absolute Gasteiger partial charge is 0 e. The van der Waals surface area contributed by atoms with E-state index in [9.17, 15) is 0 Å². The summed E-state index contributed by atoms with van der Waals surface area (Å²) < 4.78 is 17.1. The molecule has 0 spiro atoms. The molecule has 0 saturated carbocycles. The van der Waals surface area contributed by atoms with Crippen LogP contribution in [0.3, 0.4) is 0 Å². The van der Waals surface area contributed by atoms with Crippen molar-refractivity contribution in [2.45, 2.75) is 0 Å². The average molecular weight is 514 g/mol. The van der Waals surface area contributed by atoms with Crippen LogP contribution in [0.1, 0.15) is 0 Å². The monoisotopic (exact) mass is 511 g/mol. The molecule has 0 aliphatic heterocycles. The van der Waals surface area contributed by atoms with E-state index in [1.54, 1.807) is 0 Å². The first-order valence-electron chi connectivity index (χ1n) is 1.46. The van der Waals surface area contributed by atoms with Crippen molar-refractivity contribution in [1.82, 2.24) is 0 Å². The Labute approximate surface area is 120 Å². The molecule has 0 aromatic carbocycles. The number of hydrogen-bond acceptors (Lipinski definition) is 8. The third-order valence-corrected chi connectivity index (χ3v) is 0. The molecule has 97 valence electrons. The molecule has 0 aliphatic carbocycles. The standard InChI is InChI=1S/3Ag.2H3O4P/c;;;2*1-5(2,3)4/h;;;2*(H3,1,2,3,4)/p-6. The van der Waals surface area contributed by atoms with Gasteiger partial charge in [-0.2, -0.15) is 15.6 Å². The van der Waals surface area contributed by atoms with Gasteiger partial charge in [-0.25, -0.2) is 0 Å². The zero-order chi connectivity index (χ0) is 9.00. The maximum atomic E-state index is 8.55. The fourth-order valence-electron chi connectivity index (χ4n) is 0. The molecule has 0 unspecified atom stereocenters. The van der Waals surface area contributed by atoms with E-state index in [0.717, 1.165) is 0 Å². The minimum absolute atomic E-state index is 0. The van der Waals surface area contributed by atoms with Gasteiger partial charge in [-0.15, -0.1) is 0 Å². The molecule has 3 radical (unpaired) electrons. The summed E-state index contributed by atoms with van der Waals surface area (Å²) in [5.74, 6) is 0. The van der Waals surface area contributed by atoms with Crippen LogP contribution in [0.5, 0.6) is 0 Å². The quantitative estimate of drug-likeness (QED) is 0.228. The molecule has 0 bridgehead atoms. The van der Waals surface area contributed by atoms with Gasteiger partial charge in [-0.1, -0.05) is 0 Å². The molecule has 13 heteroatoms. The van der Waals surface area contributed by atoms with Gasteiger partial charge in [-0.3, -0.25) is 0 Å². The molecule has 0 aromatic rings. The van der Waals surface area contributed by atoms with Gasteiger partial charge in [0.15, 0.2) is 0 Å². The van der Waals surface area contributed by atoms with E-state index in [-0.39, 0.29) is 67.1 Å². The van der Waals surface area contributed by atoms with E-state index in [1.807, 2.05) is 0 Å². The predicted octanol–water partition coefficient (Wildman–Crippen LogP) is -5.66. The number of hydrogen-bond donors (Lipinski definition) is 0. The minimum atomic E-state index is -5.39. The van der Waals surface area contributed by atoms with E-state index >= 15 is 0 Å². The molecule has 0 rings (SSSR count). The molecular formula is Ag3O8P2-6. The first kappa shape index (κ1) is 29.5. The van der Waals surface area contributed by atoms with Crippen molar-refractivity contribution in [3.05, 3.63) is 0 Å². The Hall–Kier alpha value is 2.44. The first-order valence-corrected chi connectivity index (χ1v) is 4.38. The maximum Gasteiger partial charge on any atom is 0 e. The van der Waals surface area contributed by atoms with Crippen LogP contribution in [0.4, 0.5) is 0 Å². The Bertz CT molecular complexity index is 130. The summed E-state index contributed by atoms with van der Waals surface area (Å²) in [6, 6.07) is 0. The Morgan fingerprint density at radius 3 is 0.538 bits per heavy atom. The second-order valence-corrected chi connectivity index (χ2v) is 2.68. The summed E-state index contributed by atoms with van der Waals surface area (Å²) >= 11 is 0. The second kappa shape index (κ2) is 12.5. The third-order valence-electron chi connectivity index (χ3n) is 0. The molecule has 0 amide bonds. The average Bonchev–Trinajstić information content (AvgIpc) is 1.12. The molecule has 0 heterocycles. The fraction of sp³-hybridized carbons (Fsp3) is 0. The molecule has 0 N–H and O–H groups in total. The van der Waals surface area contributed by atoms with E-state index < -0.39 is 15.6 Å². The molecule has 0 fully saturated rings. The molecule has 8 nitrogen and oxygen atoms in total. The molecular weight excluding hydrogens is 514 g/mol. The van der Waals surface area contributed by atoms with E-state index in [4.69, 9.17) is 38.5 Å². The minimum Gasteiger partial charge on any atom is -0.822 e. The van der Waals surface area contributed by atoms with Gasteiger partial charge in [0.05, 0.1) is 0 Å². The fourth-order valence-corrected chi connectivity index (χ4v) is 0. The van der Waals surface area contributed by atoms with Crippen molar-refractivity contribution in [3.8, 4) is 0 Å². The SMILES string of the molecule is O=P([O-])([O-])[O-].O=P([O-])([O-])[O-].[Ag].[Ag].[Ag]. The van der Waals surface area contributed by atoms with E-state index in [1.165, 1.54) is 0 Å². The van der Waals surface area contributed by atoms with Crippen molar-refractivity contribution in [3.63, 3.8) is 0 Å². The third kappa shape index (κ3) is 375. The van der Waals surface area contributed by atoms with Crippen LogP contribution in [-0.4, -0.2) is 0 Å². The van der Waals surface area contributed by atoms with E-state index in [2.05, 4.69) is 0 Å². The van der Waals surface area contributed by atoms with Crippen molar-refractivity contribution in [1.29, 1.82) is 0 Å². The van der Waals surface area contributed by atoms with Gasteiger partial charge >= 0.3 is 0 Å². The molecule has 0 aromatic heterocycles. The largest absolute Gasteiger partial charge is 0.822 e. The summed E-state index contributed by atoms with van der Waals surface area (Å²) in [7, 11) is -10.8. The van der Waals surface area contributed by atoms with Gasteiger partial charge in [-0.05, 0) is 0 Å². The Morgan fingerprint density at radius 1 is 0.538 bits per heavy atom. The molecule has 0 atom stereocenters. The van der Waals surface area contributed by atoms with Crippen molar-refractivity contribution in [2.24, 2.45) is 0 Å². The van der Waals surface area contributed by atoms with Crippen LogP contribution in [0.2, 0.25) is 0 Å². The van der Waals surface area contributed by atoms with Crippen LogP contribution in [0, 0.1) is 0 Å². The van der Waals surface area contributed by atoms with Gasteiger partial charge in [0.25, 0.3) is 0 Å². The normalized spacial score (nSPS) is 9.08.